The summed E-state index contributed by atoms with van der Waals surface area (Å²) in [6.45, 7) is 7.71. The molecule has 3 nitrogen and oxygen atoms in total. The molecule has 0 radical (unpaired) electrons. The Bertz CT molecular complexity index is 383. The Kier molecular flexibility index (Phi) is 5.82. The molecule has 108 valence electrons. The van der Waals surface area contributed by atoms with Crippen molar-refractivity contribution in [3.05, 3.63) is 21.4 Å². The predicted octanol–water partition coefficient (Wildman–Crippen LogP) is 2.63. The zero-order valence-electron chi connectivity index (χ0n) is 12.4. The highest BCUT2D eigenvalue weighted by Crippen LogP contribution is 2.25. The SMILES string of the molecule is CNCc1cc(CN2CCC(COC)CC2)c(C)s1. The molecule has 0 bridgehead atoms. The van der Waals surface area contributed by atoms with Crippen LogP contribution in [0.25, 0.3) is 0 Å². The Morgan fingerprint density at radius 2 is 2.16 bits per heavy atom. The summed E-state index contributed by atoms with van der Waals surface area (Å²) in [5.41, 5.74) is 1.51. The Morgan fingerprint density at radius 1 is 1.42 bits per heavy atom. The third kappa shape index (κ3) is 4.28. The maximum Gasteiger partial charge on any atom is 0.0491 e. The second-order valence-electron chi connectivity index (χ2n) is 5.50. The van der Waals surface area contributed by atoms with Gasteiger partial charge in [-0.3, -0.25) is 4.90 Å². The molecule has 1 saturated heterocycles. The molecule has 0 spiro atoms. The highest BCUT2D eigenvalue weighted by atomic mass is 32.1. The van der Waals surface area contributed by atoms with Crippen LogP contribution in [-0.4, -0.2) is 38.8 Å². The van der Waals surface area contributed by atoms with Crippen LogP contribution in [0.5, 0.6) is 0 Å². The summed E-state index contributed by atoms with van der Waals surface area (Å²) in [4.78, 5) is 5.51. The Hall–Kier alpha value is -0.420. The molecule has 0 unspecified atom stereocenters. The van der Waals surface area contributed by atoms with Crippen LogP contribution in [0, 0.1) is 12.8 Å². The highest BCUT2D eigenvalue weighted by Gasteiger charge is 2.20. The molecule has 1 aliphatic heterocycles. The monoisotopic (exact) mass is 282 g/mol. The Morgan fingerprint density at radius 3 is 2.79 bits per heavy atom. The highest BCUT2D eigenvalue weighted by molar-refractivity contribution is 7.12. The number of likely N-dealkylation sites (tertiary alicyclic amines) is 1. The van der Waals surface area contributed by atoms with E-state index in [-0.39, 0.29) is 0 Å². The number of hydrogen-bond donors (Lipinski definition) is 1. The van der Waals surface area contributed by atoms with Crippen LogP contribution in [0.15, 0.2) is 6.07 Å². The Labute approximate surface area is 121 Å². The van der Waals surface area contributed by atoms with E-state index in [1.165, 1.54) is 41.2 Å². The number of thiophene rings is 1. The van der Waals surface area contributed by atoms with Gasteiger partial charge in [0.25, 0.3) is 0 Å². The summed E-state index contributed by atoms with van der Waals surface area (Å²) in [5.74, 6) is 0.768. The smallest absolute Gasteiger partial charge is 0.0491 e. The first kappa shape index (κ1) is 15.0. The summed E-state index contributed by atoms with van der Waals surface area (Å²) >= 11 is 1.93. The van der Waals surface area contributed by atoms with Crippen molar-refractivity contribution in [1.29, 1.82) is 0 Å². The van der Waals surface area contributed by atoms with Crippen molar-refractivity contribution in [3.63, 3.8) is 0 Å². The quantitative estimate of drug-likeness (QED) is 0.868. The predicted molar refractivity (Wildman–Crippen MR) is 81.7 cm³/mol. The number of rotatable bonds is 6. The van der Waals surface area contributed by atoms with E-state index in [0.717, 1.165) is 25.6 Å². The number of piperidine rings is 1. The molecule has 19 heavy (non-hydrogen) atoms. The molecule has 1 aliphatic rings. The summed E-state index contributed by atoms with van der Waals surface area (Å²) < 4.78 is 5.26. The number of aryl methyl sites for hydroxylation is 1. The number of hydrogen-bond acceptors (Lipinski definition) is 4. The van der Waals surface area contributed by atoms with Crippen LogP contribution in [0.4, 0.5) is 0 Å². The number of methoxy groups -OCH3 is 1. The minimum Gasteiger partial charge on any atom is -0.384 e. The van der Waals surface area contributed by atoms with E-state index in [0.29, 0.717) is 0 Å². The molecule has 0 aliphatic carbocycles. The maximum atomic E-state index is 5.26. The second-order valence-corrected chi connectivity index (χ2v) is 6.84. The molecule has 2 rings (SSSR count). The van der Waals surface area contributed by atoms with Crippen molar-refractivity contribution in [1.82, 2.24) is 10.2 Å². The lowest BCUT2D eigenvalue weighted by molar-refractivity contribution is 0.0968. The number of nitrogens with zero attached hydrogens (tertiary/aromatic N) is 1. The van der Waals surface area contributed by atoms with Crippen LogP contribution in [0.1, 0.15) is 28.2 Å². The summed E-state index contributed by atoms with van der Waals surface area (Å²) in [7, 11) is 3.82. The van der Waals surface area contributed by atoms with Crippen LogP contribution < -0.4 is 5.32 Å². The van der Waals surface area contributed by atoms with Gasteiger partial charge in [0.2, 0.25) is 0 Å². The standard InChI is InChI=1S/C15H26N2OS/c1-12-14(8-15(19-12)9-16-2)10-17-6-4-13(5-7-17)11-18-3/h8,13,16H,4-7,9-11H2,1-3H3. The molecule has 1 fully saturated rings. The van der Waals surface area contributed by atoms with Gasteiger partial charge in [-0.2, -0.15) is 0 Å². The molecule has 0 aromatic carbocycles. The molecule has 0 saturated carbocycles. The zero-order chi connectivity index (χ0) is 13.7. The van der Waals surface area contributed by atoms with Gasteiger partial charge >= 0.3 is 0 Å². The average molecular weight is 282 g/mol. The van der Waals surface area contributed by atoms with Crippen molar-refractivity contribution in [2.24, 2.45) is 5.92 Å². The first-order valence-electron chi connectivity index (χ1n) is 7.17. The van der Waals surface area contributed by atoms with Gasteiger partial charge < -0.3 is 10.1 Å². The second kappa shape index (κ2) is 7.39. The van der Waals surface area contributed by atoms with Crippen LogP contribution in [0.3, 0.4) is 0 Å². The molecule has 0 amide bonds. The summed E-state index contributed by atoms with van der Waals surface area (Å²) in [6, 6.07) is 2.37. The lowest BCUT2D eigenvalue weighted by Gasteiger charge is -2.31. The molecular weight excluding hydrogens is 256 g/mol. The number of nitrogens with one attached hydrogen (secondary N) is 1. The molecular formula is C15H26N2OS. The van der Waals surface area contributed by atoms with Crippen LogP contribution >= 0.6 is 11.3 Å². The van der Waals surface area contributed by atoms with Crippen LogP contribution in [-0.2, 0) is 17.8 Å². The summed E-state index contributed by atoms with van der Waals surface area (Å²) in [6.07, 6.45) is 2.56. The largest absolute Gasteiger partial charge is 0.384 e. The van der Waals surface area contributed by atoms with Crippen molar-refractivity contribution < 1.29 is 4.74 Å². The fraction of sp³-hybridized carbons (Fsp3) is 0.733. The molecule has 2 heterocycles. The van der Waals surface area contributed by atoms with Crippen molar-refractivity contribution in [2.75, 3.05) is 33.9 Å². The zero-order valence-corrected chi connectivity index (χ0v) is 13.2. The van der Waals surface area contributed by atoms with Gasteiger partial charge in [0.15, 0.2) is 0 Å². The normalized spacial score (nSPS) is 18.1. The first-order valence-corrected chi connectivity index (χ1v) is 7.98. The Balaban J connectivity index is 1.85. The van der Waals surface area contributed by atoms with E-state index in [1.54, 1.807) is 0 Å². The minimum atomic E-state index is 0.768. The molecule has 1 aromatic rings. The summed E-state index contributed by atoms with van der Waals surface area (Å²) in [5, 5.41) is 3.23. The first-order chi connectivity index (χ1) is 9.22. The van der Waals surface area contributed by atoms with E-state index in [4.69, 9.17) is 4.74 Å². The van der Waals surface area contributed by atoms with Gasteiger partial charge in [-0.15, -0.1) is 11.3 Å². The van der Waals surface area contributed by atoms with Gasteiger partial charge in [-0.05, 0) is 57.5 Å². The van der Waals surface area contributed by atoms with Gasteiger partial charge in [-0.25, -0.2) is 0 Å². The van der Waals surface area contributed by atoms with Gasteiger partial charge in [0, 0.05) is 36.6 Å². The van der Waals surface area contributed by atoms with Gasteiger partial charge in [-0.1, -0.05) is 0 Å². The topological polar surface area (TPSA) is 24.5 Å². The fourth-order valence-corrected chi connectivity index (χ4v) is 3.86. The van der Waals surface area contributed by atoms with Crippen molar-refractivity contribution >= 4 is 11.3 Å². The van der Waals surface area contributed by atoms with Crippen LogP contribution in [0.2, 0.25) is 0 Å². The minimum absolute atomic E-state index is 0.768. The van der Waals surface area contributed by atoms with Crippen molar-refractivity contribution in [3.8, 4) is 0 Å². The third-order valence-electron chi connectivity index (χ3n) is 3.93. The van der Waals surface area contributed by atoms with Crippen molar-refractivity contribution in [2.45, 2.75) is 32.9 Å². The van der Waals surface area contributed by atoms with E-state index in [9.17, 15) is 0 Å². The van der Waals surface area contributed by atoms with Gasteiger partial charge in [0.1, 0.15) is 0 Å². The average Bonchev–Trinajstić information content (AvgIpc) is 2.73. The lowest BCUT2D eigenvalue weighted by Crippen LogP contribution is -2.34. The molecule has 1 aromatic heterocycles. The third-order valence-corrected chi connectivity index (χ3v) is 5.02. The fourth-order valence-electron chi connectivity index (χ4n) is 2.79. The molecule has 0 atom stereocenters. The maximum absolute atomic E-state index is 5.26. The lowest BCUT2D eigenvalue weighted by atomic mass is 9.97. The molecule has 4 heteroatoms. The van der Waals surface area contributed by atoms with E-state index in [2.05, 4.69) is 23.2 Å². The van der Waals surface area contributed by atoms with E-state index < -0.39 is 0 Å². The van der Waals surface area contributed by atoms with E-state index in [1.807, 2.05) is 25.5 Å². The van der Waals surface area contributed by atoms with E-state index >= 15 is 0 Å². The number of ether oxygens (including phenoxy) is 1. The molecule has 1 N–H and O–H groups in total. The van der Waals surface area contributed by atoms with Gasteiger partial charge in [0.05, 0.1) is 0 Å².